The lowest BCUT2D eigenvalue weighted by Crippen LogP contribution is -2.35. The van der Waals surface area contributed by atoms with Gasteiger partial charge < -0.3 is 15.0 Å². The van der Waals surface area contributed by atoms with E-state index >= 15 is 0 Å². The molecule has 0 aliphatic heterocycles. The van der Waals surface area contributed by atoms with Crippen LogP contribution in [0, 0.1) is 0 Å². The molecule has 1 amide bonds. The number of carbonyl (C=O) groups excluding carboxylic acids is 1. The summed E-state index contributed by atoms with van der Waals surface area (Å²) in [7, 11) is 3.31. The average molecular weight is 432 g/mol. The zero-order valence-electron chi connectivity index (χ0n) is 17.3. The summed E-state index contributed by atoms with van der Waals surface area (Å²) in [5, 5.41) is 6.56. The Morgan fingerprint density at radius 3 is 2.61 bits per heavy atom. The number of amides is 1. The van der Waals surface area contributed by atoms with Crippen molar-refractivity contribution in [2.45, 2.75) is 19.1 Å². The van der Waals surface area contributed by atoms with E-state index in [0.29, 0.717) is 11.4 Å². The second kappa shape index (κ2) is 9.11. The van der Waals surface area contributed by atoms with Gasteiger partial charge in [0.1, 0.15) is 5.75 Å². The minimum Gasteiger partial charge on any atom is -0.497 e. The number of aryl methyl sites for hydroxylation is 1. The van der Waals surface area contributed by atoms with Gasteiger partial charge >= 0.3 is 6.18 Å². The lowest BCUT2D eigenvalue weighted by molar-refractivity contribution is -0.137. The van der Waals surface area contributed by atoms with E-state index in [4.69, 9.17) is 4.74 Å². The molecule has 3 rings (SSSR count). The first-order chi connectivity index (χ1) is 14.7. The molecule has 0 fully saturated rings. The van der Waals surface area contributed by atoms with Gasteiger partial charge in [0.2, 0.25) is 5.91 Å². The van der Waals surface area contributed by atoms with Crippen LogP contribution in [-0.4, -0.2) is 29.3 Å². The second-order valence-corrected chi connectivity index (χ2v) is 7.04. The van der Waals surface area contributed by atoms with Crippen molar-refractivity contribution in [2.24, 2.45) is 7.05 Å². The molecule has 1 heterocycles. The first-order valence-corrected chi connectivity index (χ1v) is 9.54. The highest BCUT2D eigenvalue weighted by atomic mass is 19.4. The normalized spacial score (nSPS) is 12.3. The van der Waals surface area contributed by atoms with E-state index in [1.807, 2.05) is 31.2 Å². The maximum atomic E-state index is 13.3. The summed E-state index contributed by atoms with van der Waals surface area (Å²) < 4.78 is 46.7. The van der Waals surface area contributed by atoms with Crippen LogP contribution in [0.25, 0.3) is 0 Å². The monoisotopic (exact) mass is 432 g/mol. The van der Waals surface area contributed by atoms with Gasteiger partial charge in [0.05, 0.1) is 42.8 Å². The van der Waals surface area contributed by atoms with Crippen LogP contribution in [0.1, 0.15) is 24.1 Å². The summed E-state index contributed by atoms with van der Waals surface area (Å²) in [5.41, 5.74) is 0.376. The number of rotatable bonds is 7. The minimum absolute atomic E-state index is 0.170. The number of hydrogen-bond donors (Lipinski definition) is 1. The highest BCUT2D eigenvalue weighted by Gasteiger charge is 2.33. The number of nitrogens with zero attached hydrogens (tertiary/aromatic N) is 3. The molecule has 0 aliphatic rings. The Bertz CT molecular complexity index is 1050. The maximum absolute atomic E-state index is 13.3. The summed E-state index contributed by atoms with van der Waals surface area (Å²) in [6, 6.07) is 12.0. The molecule has 2 aromatic carbocycles. The fourth-order valence-electron chi connectivity index (χ4n) is 3.27. The zero-order valence-corrected chi connectivity index (χ0v) is 17.3. The van der Waals surface area contributed by atoms with Gasteiger partial charge in [-0.2, -0.15) is 18.3 Å². The number of aromatic nitrogens is 2. The minimum atomic E-state index is -4.57. The van der Waals surface area contributed by atoms with Gasteiger partial charge in [0.25, 0.3) is 0 Å². The van der Waals surface area contributed by atoms with Crippen LogP contribution in [0.3, 0.4) is 0 Å². The van der Waals surface area contributed by atoms with E-state index in [-0.39, 0.29) is 18.3 Å². The SMILES string of the molecule is COc1cccc([C@@H](C)N(CC(=O)Nc2ccccc2C(F)(F)F)c2cnn(C)c2)c1. The van der Waals surface area contributed by atoms with E-state index in [1.54, 1.807) is 36.1 Å². The predicted molar refractivity (Wildman–Crippen MR) is 112 cm³/mol. The van der Waals surface area contributed by atoms with Gasteiger partial charge in [-0.05, 0) is 36.8 Å². The molecule has 0 unspecified atom stereocenters. The van der Waals surface area contributed by atoms with Crippen LogP contribution in [0.5, 0.6) is 5.75 Å². The Labute approximate surface area is 178 Å². The van der Waals surface area contributed by atoms with Crippen molar-refractivity contribution in [1.29, 1.82) is 0 Å². The van der Waals surface area contributed by atoms with Crippen LogP contribution in [0.15, 0.2) is 60.9 Å². The molecule has 0 aliphatic carbocycles. The quantitative estimate of drug-likeness (QED) is 0.590. The van der Waals surface area contributed by atoms with E-state index in [2.05, 4.69) is 10.4 Å². The number of halogens is 3. The van der Waals surface area contributed by atoms with Crippen molar-refractivity contribution < 1.29 is 22.7 Å². The lowest BCUT2D eigenvalue weighted by atomic mass is 10.1. The highest BCUT2D eigenvalue weighted by molar-refractivity contribution is 5.95. The molecule has 0 bridgehead atoms. The number of carbonyl (C=O) groups is 1. The maximum Gasteiger partial charge on any atom is 0.418 e. The number of alkyl halides is 3. The molecule has 1 atom stereocenters. The number of para-hydroxylation sites is 1. The Balaban J connectivity index is 1.87. The van der Waals surface area contributed by atoms with Crippen LogP contribution >= 0.6 is 0 Å². The molecule has 164 valence electrons. The Kier molecular flexibility index (Phi) is 6.53. The molecule has 6 nitrogen and oxygen atoms in total. The third-order valence-corrected chi connectivity index (χ3v) is 4.89. The second-order valence-electron chi connectivity index (χ2n) is 7.04. The smallest absolute Gasteiger partial charge is 0.418 e. The fraction of sp³-hybridized carbons (Fsp3) is 0.273. The number of anilines is 2. The first kappa shape index (κ1) is 22.2. The topological polar surface area (TPSA) is 59.4 Å². The summed E-state index contributed by atoms with van der Waals surface area (Å²) in [5.74, 6) is 0.0920. The van der Waals surface area contributed by atoms with Crippen molar-refractivity contribution in [1.82, 2.24) is 9.78 Å². The average Bonchev–Trinajstić information content (AvgIpc) is 3.17. The van der Waals surface area contributed by atoms with E-state index in [1.165, 1.54) is 18.2 Å². The number of hydrogen-bond acceptors (Lipinski definition) is 4. The Hall–Kier alpha value is -3.49. The molecular formula is C22H23F3N4O2. The van der Waals surface area contributed by atoms with E-state index in [9.17, 15) is 18.0 Å². The van der Waals surface area contributed by atoms with Crippen LogP contribution in [0.2, 0.25) is 0 Å². The first-order valence-electron chi connectivity index (χ1n) is 9.54. The van der Waals surface area contributed by atoms with Crippen molar-refractivity contribution in [3.8, 4) is 5.75 Å². The van der Waals surface area contributed by atoms with Crippen molar-refractivity contribution in [3.05, 3.63) is 72.1 Å². The molecule has 0 saturated heterocycles. The number of benzene rings is 2. The predicted octanol–water partition coefficient (Wildman–Crippen LogP) is 4.65. The van der Waals surface area contributed by atoms with E-state index < -0.39 is 17.6 Å². The zero-order chi connectivity index (χ0) is 22.6. The third-order valence-electron chi connectivity index (χ3n) is 4.89. The number of methoxy groups -OCH3 is 1. The largest absolute Gasteiger partial charge is 0.497 e. The standard InChI is InChI=1S/C22H23F3N4O2/c1-15(16-7-6-8-18(11-16)31-3)29(17-12-26-28(2)13-17)14-21(30)27-20-10-5-4-9-19(20)22(23,24)25/h4-13,15H,14H2,1-3H3,(H,27,30)/t15-/m1/s1. The van der Waals surface area contributed by atoms with Gasteiger partial charge in [0.15, 0.2) is 0 Å². The van der Waals surface area contributed by atoms with Crippen LogP contribution in [0.4, 0.5) is 24.5 Å². The van der Waals surface area contributed by atoms with Crippen LogP contribution in [-0.2, 0) is 18.0 Å². The highest BCUT2D eigenvalue weighted by Crippen LogP contribution is 2.35. The molecular weight excluding hydrogens is 409 g/mol. The molecule has 1 N–H and O–H groups in total. The number of nitrogens with one attached hydrogen (secondary N) is 1. The number of ether oxygens (including phenoxy) is 1. The van der Waals surface area contributed by atoms with Crippen molar-refractivity contribution >= 4 is 17.3 Å². The van der Waals surface area contributed by atoms with Crippen molar-refractivity contribution in [2.75, 3.05) is 23.9 Å². The van der Waals surface area contributed by atoms with Gasteiger partial charge in [-0.3, -0.25) is 9.48 Å². The summed E-state index contributed by atoms with van der Waals surface area (Å²) in [6.45, 7) is 1.73. The summed E-state index contributed by atoms with van der Waals surface area (Å²) in [6.07, 6.45) is -1.22. The lowest BCUT2D eigenvalue weighted by Gasteiger charge is -2.30. The molecule has 0 saturated carbocycles. The fourth-order valence-corrected chi connectivity index (χ4v) is 3.27. The molecule has 3 aromatic rings. The molecule has 9 heteroatoms. The van der Waals surface area contributed by atoms with Gasteiger partial charge in [0, 0.05) is 13.2 Å². The Morgan fingerprint density at radius 2 is 1.97 bits per heavy atom. The van der Waals surface area contributed by atoms with Gasteiger partial charge in [-0.25, -0.2) is 0 Å². The third kappa shape index (κ3) is 5.36. The van der Waals surface area contributed by atoms with Crippen LogP contribution < -0.4 is 15.0 Å². The Morgan fingerprint density at radius 1 is 1.23 bits per heavy atom. The molecule has 0 radical (unpaired) electrons. The molecule has 1 aromatic heterocycles. The van der Waals surface area contributed by atoms with Gasteiger partial charge in [-0.15, -0.1) is 0 Å². The molecule has 31 heavy (non-hydrogen) atoms. The van der Waals surface area contributed by atoms with Crippen molar-refractivity contribution in [3.63, 3.8) is 0 Å². The van der Waals surface area contributed by atoms with Gasteiger partial charge in [-0.1, -0.05) is 24.3 Å². The summed E-state index contributed by atoms with van der Waals surface area (Å²) in [4.78, 5) is 14.5. The molecule has 0 spiro atoms. The summed E-state index contributed by atoms with van der Waals surface area (Å²) >= 11 is 0. The van der Waals surface area contributed by atoms with E-state index in [0.717, 1.165) is 11.6 Å².